The van der Waals surface area contributed by atoms with Crippen molar-refractivity contribution in [2.75, 3.05) is 13.1 Å². The molecular weight excluding hydrogens is 189 g/mol. The highest BCUT2D eigenvalue weighted by atomic mass is 16.2. The highest BCUT2D eigenvalue weighted by molar-refractivity contribution is 6.08. The molecule has 1 heterocycles. The fraction of sp³-hybridized carbons (Fsp3) is 0.800. The second-order valence-corrected chi connectivity index (χ2v) is 3.78. The lowest BCUT2D eigenvalue weighted by molar-refractivity contribution is 0.220. The van der Waals surface area contributed by atoms with E-state index in [2.05, 4.69) is 5.32 Å². The molecule has 0 bridgehead atoms. The molecule has 1 aliphatic heterocycles. The van der Waals surface area contributed by atoms with Gasteiger partial charge in [0.25, 0.3) is 0 Å². The van der Waals surface area contributed by atoms with Crippen LogP contribution in [0.2, 0.25) is 6.32 Å². The van der Waals surface area contributed by atoms with Gasteiger partial charge < -0.3 is 5.32 Å². The topological polar surface area (TPSA) is 56.2 Å². The number of nitrogens with one attached hydrogen (secondary N) is 2. The van der Waals surface area contributed by atoms with Crippen molar-refractivity contribution in [3.63, 3.8) is 0 Å². The minimum atomic E-state index is -0.143. The number of carbonyl (C=O) groups excluding carboxylic acids is 1. The number of hydrogen-bond acceptors (Lipinski definition) is 2. The van der Waals surface area contributed by atoms with E-state index in [1.165, 1.54) is 0 Å². The second-order valence-electron chi connectivity index (χ2n) is 3.78. The van der Waals surface area contributed by atoms with Crippen LogP contribution in [0.1, 0.15) is 32.1 Å². The molecule has 5 heteroatoms. The van der Waals surface area contributed by atoms with E-state index in [4.69, 9.17) is 13.3 Å². The van der Waals surface area contributed by atoms with Crippen molar-refractivity contribution in [1.82, 2.24) is 10.2 Å². The third-order valence-electron chi connectivity index (χ3n) is 2.52. The Morgan fingerprint density at radius 3 is 3.00 bits per heavy atom. The van der Waals surface area contributed by atoms with Gasteiger partial charge in [-0.25, -0.2) is 4.79 Å². The summed E-state index contributed by atoms with van der Waals surface area (Å²) in [4.78, 5) is 13.2. The lowest BCUT2D eigenvalue weighted by Crippen LogP contribution is -2.43. The molecule has 15 heavy (non-hydrogen) atoms. The zero-order chi connectivity index (χ0) is 11.1. The summed E-state index contributed by atoms with van der Waals surface area (Å²) in [5.74, 6) is 0.442. The minimum Gasteiger partial charge on any atom is -0.338 e. The standard InChI is InChI=1S/C10H18BN3O/c11-6-4-7-13-10(15)14-8-3-1-2-5-9(14)12/h12H,1-8H2,(H,13,15). The molecule has 0 aromatic carbocycles. The van der Waals surface area contributed by atoms with Gasteiger partial charge in [-0.05, 0) is 19.3 Å². The molecule has 2 radical (unpaired) electrons. The quantitative estimate of drug-likeness (QED) is 0.535. The molecule has 1 fully saturated rings. The highest BCUT2D eigenvalue weighted by Crippen LogP contribution is 2.11. The van der Waals surface area contributed by atoms with E-state index in [1.807, 2.05) is 0 Å². The van der Waals surface area contributed by atoms with Crippen LogP contribution in [0.4, 0.5) is 4.79 Å². The molecule has 0 atom stereocenters. The molecule has 1 rings (SSSR count). The van der Waals surface area contributed by atoms with Crippen molar-refractivity contribution in [3.05, 3.63) is 0 Å². The number of hydrogen-bond donors (Lipinski definition) is 2. The monoisotopic (exact) mass is 207 g/mol. The average molecular weight is 207 g/mol. The average Bonchev–Trinajstić information content (AvgIpc) is 2.43. The van der Waals surface area contributed by atoms with Gasteiger partial charge in [0.05, 0.1) is 7.85 Å². The van der Waals surface area contributed by atoms with Crippen LogP contribution in [-0.4, -0.2) is 37.7 Å². The minimum absolute atomic E-state index is 0.143. The summed E-state index contributed by atoms with van der Waals surface area (Å²) >= 11 is 0. The number of amides is 2. The van der Waals surface area contributed by atoms with Crippen molar-refractivity contribution in [1.29, 1.82) is 5.41 Å². The van der Waals surface area contributed by atoms with E-state index < -0.39 is 0 Å². The Morgan fingerprint density at radius 1 is 1.47 bits per heavy atom. The lowest BCUT2D eigenvalue weighted by atomic mass is 10.0. The van der Waals surface area contributed by atoms with E-state index in [1.54, 1.807) is 4.90 Å². The van der Waals surface area contributed by atoms with E-state index in [0.717, 1.165) is 25.7 Å². The summed E-state index contributed by atoms with van der Waals surface area (Å²) < 4.78 is 0. The molecule has 0 aliphatic carbocycles. The molecule has 0 aromatic rings. The first-order chi connectivity index (χ1) is 7.25. The lowest BCUT2D eigenvalue weighted by Gasteiger charge is -2.21. The normalized spacial score (nSPS) is 17.3. The predicted octanol–water partition coefficient (Wildman–Crippen LogP) is 1.53. The summed E-state index contributed by atoms with van der Waals surface area (Å²) in [6.07, 6.45) is 5.20. The van der Waals surface area contributed by atoms with Crippen molar-refractivity contribution in [2.24, 2.45) is 0 Å². The molecule has 82 valence electrons. The van der Waals surface area contributed by atoms with Crippen LogP contribution in [0.5, 0.6) is 0 Å². The van der Waals surface area contributed by atoms with Crippen LogP contribution in [0.15, 0.2) is 0 Å². The van der Waals surface area contributed by atoms with E-state index >= 15 is 0 Å². The van der Waals surface area contributed by atoms with Crippen LogP contribution in [0.25, 0.3) is 0 Å². The number of carbonyl (C=O) groups is 1. The van der Waals surface area contributed by atoms with Crippen molar-refractivity contribution in [2.45, 2.75) is 38.4 Å². The predicted molar refractivity (Wildman–Crippen MR) is 61.5 cm³/mol. The van der Waals surface area contributed by atoms with Gasteiger partial charge >= 0.3 is 6.03 Å². The summed E-state index contributed by atoms with van der Waals surface area (Å²) in [6, 6.07) is -0.143. The van der Waals surface area contributed by atoms with Gasteiger partial charge in [-0.1, -0.05) is 12.7 Å². The molecule has 0 aromatic heterocycles. The summed E-state index contributed by atoms with van der Waals surface area (Å²) in [7, 11) is 5.34. The number of likely N-dealkylation sites (tertiary alicyclic amines) is 1. The zero-order valence-corrected chi connectivity index (χ0v) is 9.09. The van der Waals surface area contributed by atoms with Gasteiger partial charge in [0, 0.05) is 19.5 Å². The first kappa shape index (κ1) is 12.1. The summed E-state index contributed by atoms with van der Waals surface area (Å²) in [6.45, 7) is 1.27. The van der Waals surface area contributed by atoms with E-state index in [9.17, 15) is 4.79 Å². The molecule has 0 unspecified atom stereocenters. The Morgan fingerprint density at radius 2 is 2.27 bits per heavy atom. The van der Waals surface area contributed by atoms with Gasteiger partial charge in [0.2, 0.25) is 0 Å². The highest BCUT2D eigenvalue weighted by Gasteiger charge is 2.19. The van der Waals surface area contributed by atoms with Crippen LogP contribution < -0.4 is 5.32 Å². The smallest absolute Gasteiger partial charge is 0.322 e. The zero-order valence-electron chi connectivity index (χ0n) is 9.09. The molecule has 0 spiro atoms. The largest absolute Gasteiger partial charge is 0.338 e. The molecule has 4 nitrogen and oxygen atoms in total. The van der Waals surface area contributed by atoms with Crippen LogP contribution in [0.3, 0.4) is 0 Å². The SMILES string of the molecule is [B]CCCNC(=O)N1CCCCCC1=N. The third kappa shape index (κ3) is 3.94. The number of nitrogens with zero attached hydrogens (tertiary/aromatic N) is 1. The second kappa shape index (κ2) is 6.48. The maximum Gasteiger partial charge on any atom is 0.322 e. The number of amidine groups is 1. The van der Waals surface area contributed by atoms with Gasteiger partial charge in [-0.3, -0.25) is 10.3 Å². The van der Waals surface area contributed by atoms with Crippen LogP contribution in [-0.2, 0) is 0 Å². The number of rotatable bonds is 3. The van der Waals surface area contributed by atoms with Gasteiger partial charge in [-0.15, -0.1) is 0 Å². The Hall–Kier alpha value is -0.995. The molecule has 2 N–H and O–H groups in total. The summed E-state index contributed by atoms with van der Waals surface area (Å²) in [5.41, 5.74) is 0. The van der Waals surface area contributed by atoms with E-state index in [-0.39, 0.29) is 6.03 Å². The molecule has 0 saturated carbocycles. The van der Waals surface area contributed by atoms with Gasteiger partial charge in [0.15, 0.2) is 0 Å². The Balaban J connectivity index is 2.38. The maximum atomic E-state index is 11.7. The Bertz CT molecular complexity index is 233. The van der Waals surface area contributed by atoms with Crippen LogP contribution in [0, 0.1) is 5.41 Å². The summed E-state index contributed by atoms with van der Waals surface area (Å²) in [5, 5.41) is 10.5. The first-order valence-corrected chi connectivity index (χ1v) is 5.58. The first-order valence-electron chi connectivity index (χ1n) is 5.58. The molecule has 1 aliphatic rings. The van der Waals surface area contributed by atoms with Gasteiger partial charge in [0.1, 0.15) is 5.84 Å². The Labute approximate surface area is 92.3 Å². The fourth-order valence-corrected chi connectivity index (χ4v) is 1.63. The van der Waals surface area contributed by atoms with Crippen molar-refractivity contribution < 1.29 is 4.79 Å². The van der Waals surface area contributed by atoms with Crippen LogP contribution >= 0.6 is 0 Å². The van der Waals surface area contributed by atoms with Gasteiger partial charge in [-0.2, -0.15) is 0 Å². The third-order valence-corrected chi connectivity index (χ3v) is 2.52. The maximum absolute atomic E-state index is 11.7. The molecule has 1 saturated heterocycles. The van der Waals surface area contributed by atoms with Crippen molar-refractivity contribution >= 4 is 19.7 Å². The molecular formula is C10H18BN3O. The fourth-order valence-electron chi connectivity index (χ4n) is 1.63. The molecule has 2 amide bonds. The number of urea groups is 1. The van der Waals surface area contributed by atoms with E-state index in [0.29, 0.717) is 31.7 Å². The van der Waals surface area contributed by atoms with Crippen molar-refractivity contribution in [3.8, 4) is 0 Å². The Kier molecular flexibility index (Phi) is 5.22.